The number of rotatable bonds is 5. The normalized spacial score (nSPS) is 11.2. The molecule has 2 aromatic carbocycles. The molecular weight excluding hydrogens is 298 g/mol. The van der Waals surface area contributed by atoms with Gasteiger partial charge in [-0.15, -0.1) is 0 Å². The van der Waals surface area contributed by atoms with E-state index in [-0.39, 0.29) is 4.90 Å². The molecule has 4 nitrogen and oxygen atoms in total. The van der Waals surface area contributed by atoms with E-state index >= 15 is 0 Å². The van der Waals surface area contributed by atoms with Crippen LogP contribution in [0.2, 0.25) is 0 Å². The minimum atomic E-state index is -3.80. The molecule has 0 aliphatic heterocycles. The van der Waals surface area contributed by atoms with Crippen LogP contribution in [0.5, 0.6) is 5.75 Å². The maximum atomic E-state index is 11.5. The second kappa shape index (κ2) is 6.12. The maximum absolute atomic E-state index is 11.5. The summed E-state index contributed by atoms with van der Waals surface area (Å²) < 4.78 is 28.7. The van der Waals surface area contributed by atoms with Gasteiger partial charge in [0.05, 0.1) is 17.6 Å². The third-order valence-electron chi connectivity index (χ3n) is 2.80. The number of hydrogen-bond donors (Lipinski definition) is 0. The molecule has 0 aliphatic rings. The van der Waals surface area contributed by atoms with Crippen molar-refractivity contribution in [3.8, 4) is 11.8 Å². The van der Waals surface area contributed by atoms with Gasteiger partial charge in [0.15, 0.2) is 0 Å². The predicted molar refractivity (Wildman–Crippen MR) is 77.3 cm³/mol. The fraction of sp³-hybridized carbons (Fsp3) is 0.214. The summed E-state index contributed by atoms with van der Waals surface area (Å²) in [4.78, 5) is 0.0686. The third-order valence-corrected chi connectivity index (χ3v) is 4.18. The van der Waals surface area contributed by atoms with E-state index in [9.17, 15) is 8.42 Å². The molecule has 2 aromatic rings. The number of nitrogens with zero attached hydrogens (tertiary/aromatic N) is 1. The number of ether oxygens (including phenoxy) is 1. The van der Waals surface area contributed by atoms with Crippen LogP contribution in [-0.2, 0) is 9.05 Å². The largest absolute Gasteiger partial charge is 0.493 e. The van der Waals surface area contributed by atoms with Gasteiger partial charge in [-0.3, -0.25) is 0 Å². The Morgan fingerprint density at radius 1 is 1.15 bits per heavy atom. The summed E-state index contributed by atoms with van der Waals surface area (Å²) in [5.74, 6) is 0.586. The van der Waals surface area contributed by atoms with Gasteiger partial charge in [0.2, 0.25) is 0 Å². The molecule has 0 unspecified atom stereocenters. The summed E-state index contributed by atoms with van der Waals surface area (Å²) in [7, 11) is 1.63. The summed E-state index contributed by atoms with van der Waals surface area (Å²) in [6, 6.07) is 12.1. The Kier molecular flexibility index (Phi) is 4.48. The Labute approximate surface area is 122 Å². The quantitative estimate of drug-likeness (QED) is 0.626. The van der Waals surface area contributed by atoms with Gasteiger partial charge >= 0.3 is 0 Å². The van der Waals surface area contributed by atoms with E-state index in [0.29, 0.717) is 36.0 Å². The number of hydrogen-bond acceptors (Lipinski definition) is 4. The Morgan fingerprint density at radius 3 is 2.50 bits per heavy atom. The zero-order valence-electron chi connectivity index (χ0n) is 10.5. The number of nitriles is 1. The van der Waals surface area contributed by atoms with Crippen LogP contribution in [-0.4, -0.2) is 15.0 Å². The number of benzene rings is 2. The molecule has 104 valence electrons. The van der Waals surface area contributed by atoms with Crippen LogP contribution < -0.4 is 4.74 Å². The average Bonchev–Trinajstić information content (AvgIpc) is 2.42. The minimum absolute atomic E-state index is 0.0686. The highest BCUT2D eigenvalue weighted by Crippen LogP contribution is 2.32. The lowest BCUT2D eigenvalue weighted by atomic mass is 10.1. The van der Waals surface area contributed by atoms with Crippen molar-refractivity contribution in [2.45, 2.75) is 17.7 Å². The lowest BCUT2D eigenvalue weighted by Gasteiger charge is -2.10. The Morgan fingerprint density at radius 2 is 1.85 bits per heavy atom. The molecule has 0 N–H and O–H groups in total. The maximum Gasteiger partial charge on any atom is 0.261 e. The van der Waals surface area contributed by atoms with Crippen molar-refractivity contribution < 1.29 is 13.2 Å². The first-order valence-electron chi connectivity index (χ1n) is 6.00. The van der Waals surface area contributed by atoms with Crippen molar-refractivity contribution in [2.75, 3.05) is 6.61 Å². The molecule has 0 saturated carbocycles. The number of halogens is 1. The molecule has 2 rings (SSSR count). The molecule has 0 saturated heterocycles. The van der Waals surface area contributed by atoms with Gasteiger partial charge in [0.1, 0.15) is 5.75 Å². The molecule has 0 amide bonds. The highest BCUT2D eigenvalue weighted by molar-refractivity contribution is 8.14. The van der Waals surface area contributed by atoms with Crippen molar-refractivity contribution in [1.82, 2.24) is 0 Å². The molecule has 6 heteroatoms. The Bertz CT molecular complexity index is 766. The fourth-order valence-electron chi connectivity index (χ4n) is 1.92. The van der Waals surface area contributed by atoms with E-state index in [1.807, 2.05) is 6.07 Å². The first-order valence-corrected chi connectivity index (χ1v) is 8.31. The van der Waals surface area contributed by atoms with Crippen LogP contribution in [0, 0.1) is 11.3 Å². The second-order valence-corrected chi connectivity index (χ2v) is 6.69. The summed E-state index contributed by atoms with van der Waals surface area (Å²) in [6.07, 6.45) is 1.05. The average molecular weight is 310 g/mol. The molecule has 0 fully saturated rings. The van der Waals surface area contributed by atoms with E-state index in [0.717, 1.165) is 0 Å². The van der Waals surface area contributed by atoms with Gasteiger partial charge < -0.3 is 4.74 Å². The molecule has 0 spiro atoms. The van der Waals surface area contributed by atoms with Crippen LogP contribution in [0.4, 0.5) is 0 Å². The van der Waals surface area contributed by atoms with Gasteiger partial charge in [-0.1, -0.05) is 24.3 Å². The molecule has 0 bridgehead atoms. The van der Waals surface area contributed by atoms with E-state index in [1.54, 1.807) is 30.3 Å². The fourth-order valence-corrected chi connectivity index (χ4v) is 2.99. The van der Waals surface area contributed by atoms with Gasteiger partial charge in [-0.25, -0.2) is 8.42 Å². The van der Waals surface area contributed by atoms with E-state index < -0.39 is 9.05 Å². The second-order valence-electron chi connectivity index (χ2n) is 4.16. The van der Waals surface area contributed by atoms with E-state index in [4.69, 9.17) is 20.7 Å². The van der Waals surface area contributed by atoms with Crippen LogP contribution in [0.1, 0.15) is 12.8 Å². The molecular formula is C14H12ClNO3S. The third kappa shape index (κ3) is 3.21. The van der Waals surface area contributed by atoms with Crippen molar-refractivity contribution in [2.24, 2.45) is 0 Å². The summed E-state index contributed by atoms with van der Waals surface area (Å²) >= 11 is 0. The lowest BCUT2D eigenvalue weighted by Crippen LogP contribution is -1.99. The standard InChI is InChI=1S/C14H12ClNO3S/c15-20(17,18)14-8-7-13(19-10-4-3-9-16)11-5-1-2-6-12(11)14/h1-2,5-8H,3-4,10H2. The predicted octanol–water partition coefficient (Wildman–Crippen LogP) is 3.45. The molecule has 0 atom stereocenters. The number of unbranched alkanes of at least 4 members (excludes halogenated alkanes) is 1. The van der Waals surface area contributed by atoms with Crippen molar-refractivity contribution >= 4 is 30.5 Å². The summed E-state index contributed by atoms with van der Waals surface area (Å²) in [5, 5.41) is 9.69. The summed E-state index contributed by atoms with van der Waals surface area (Å²) in [5.41, 5.74) is 0. The van der Waals surface area contributed by atoms with Gasteiger partial charge in [-0.05, 0) is 18.6 Å². The molecule has 0 aromatic heterocycles. The van der Waals surface area contributed by atoms with Gasteiger partial charge in [0.25, 0.3) is 9.05 Å². The van der Waals surface area contributed by atoms with Crippen LogP contribution in [0.15, 0.2) is 41.3 Å². The highest BCUT2D eigenvalue weighted by Gasteiger charge is 2.16. The lowest BCUT2D eigenvalue weighted by molar-refractivity contribution is 0.316. The van der Waals surface area contributed by atoms with E-state index in [1.165, 1.54) is 6.07 Å². The summed E-state index contributed by atoms with van der Waals surface area (Å²) in [6.45, 7) is 0.407. The van der Waals surface area contributed by atoms with Crippen LogP contribution >= 0.6 is 10.7 Å². The molecule has 0 aliphatic carbocycles. The van der Waals surface area contributed by atoms with Gasteiger partial charge in [0, 0.05) is 27.9 Å². The first-order chi connectivity index (χ1) is 9.54. The SMILES string of the molecule is N#CCCCOc1ccc(S(=O)(=O)Cl)c2ccccc12. The van der Waals surface area contributed by atoms with Gasteiger partial charge in [-0.2, -0.15) is 5.26 Å². The van der Waals surface area contributed by atoms with Crippen molar-refractivity contribution in [3.05, 3.63) is 36.4 Å². The van der Waals surface area contributed by atoms with E-state index in [2.05, 4.69) is 0 Å². The Hall–Kier alpha value is -1.77. The topological polar surface area (TPSA) is 67.2 Å². The zero-order valence-corrected chi connectivity index (χ0v) is 12.1. The van der Waals surface area contributed by atoms with Crippen molar-refractivity contribution in [1.29, 1.82) is 5.26 Å². The number of fused-ring (bicyclic) bond motifs is 1. The van der Waals surface area contributed by atoms with Crippen LogP contribution in [0.25, 0.3) is 10.8 Å². The molecule has 20 heavy (non-hydrogen) atoms. The zero-order chi connectivity index (χ0) is 14.6. The minimum Gasteiger partial charge on any atom is -0.493 e. The monoisotopic (exact) mass is 309 g/mol. The first kappa shape index (κ1) is 14.6. The highest BCUT2D eigenvalue weighted by atomic mass is 35.7. The van der Waals surface area contributed by atoms with Crippen LogP contribution in [0.3, 0.4) is 0 Å². The Balaban J connectivity index is 2.42. The molecule has 0 radical (unpaired) electrons. The smallest absolute Gasteiger partial charge is 0.261 e. The van der Waals surface area contributed by atoms with Crippen molar-refractivity contribution in [3.63, 3.8) is 0 Å². The molecule has 0 heterocycles.